The average Bonchev–Trinajstić information content (AvgIpc) is 3.13. The molecule has 0 spiro atoms. The van der Waals surface area contributed by atoms with Crippen LogP contribution in [-0.4, -0.2) is 77.1 Å². The van der Waals surface area contributed by atoms with Gasteiger partial charge in [-0.1, -0.05) is 0 Å². The monoisotopic (exact) mass is 482 g/mol. The minimum absolute atomic E-state index is 0. The molecule has 2 heterocycles. The third kappa shape index (κ3) is 10.3. The van der Waals surface area contributed by atoms with Crippen molar-refractivity contribution in [1.82, 2.24) is 15.5 Å². The number of likely N-dealkylation sites (tertiary alicyclic amines) is 1. The van der Waals surface area contributed by atoms with Crippen molar-refractivity contribution in [3.63, 3.8) is 0 Å². The maximum Gasteiger partial charge on any atom is 0.191 e. The molecule has 2 rings (SSSR count). The molecule has 7 heteroatoms. The zero-order valence-electron chi connectivity index (χ0n) is 16.7. The van der Waals surface area contributed by atoms with Crippen molar-refractivity contribution >= 4 is 29.9 Å². The van der Waals surface area contributed by atoms with Gasteiger partial charge in [0.1, 0.15) is 0 Å². The van der Waals surface area contributed by atoms with Crippen LogP contribution in [0.4, 0.5) is 0 Å². The first-order valence-electron chi connectivity index (χ1n) is 10.1. The van der Waals surface area contributed by atoms with Gasteiger partial charge in [0.25, 0.3) is 0 Å². The van der Waals surface area contributed by atoms with Gasteiger partial charge in [-0.05, 0) is 65.1 Å². The van der Waals surface area contributed by atoms with Gasteiger partial charge >= 0.3 is 0 Å². The second kappa shape index (κ2) is 14.9. The van der Waals surface area contributed by atoms with Gasteiger partial charge < -0.3 is 25.0 Å². The Morgan fingerprint density at radius 2 is 2.00 bits per heavy atom. The Hall–Kier alpha value is -0.120. The molecule has 154 valence electrons. The fourth-order valence-corrected chi connectivity index (χ4v) is 3.41. The van der Waals surface area contributed by atoms with Crippen molar-refractivity contribution in [3.05, 3.63) is 0 Å². The summed E-state index contributed by atoms with van der Waals surface area (Å²) in [7, 11) is 2.22. The fourth-order valence-electron chi connectivity index (χ4n) is 3.41. The first-order chi connectivity index (χ1) is 12.3. The number of rotatable bonds is 10. The molecule has 2 fully saturated rings. The number of hydrogen-bond donors (Lipinski definition) is 2. The van der Waals surface area contributed by atoms with Gasteiger partial charge in [0.05, 0.1) is 13.2 Å². The van der Waals surface area contributed by atoms with Crippen LogP contribution in [0.2, 0.25) is 0 Å². The third-order valence-corrected chi connectivity index (χ3v) is 5.12. The van der Waals surface area contributed by atoms with E-state index >= 15 is 0 Å². The molecule has 0 aromatic carbocycles. The van der Waals surface area contributed by atoms with Crippen LogP contribution in [0.5, 0.6) is 0 Å². The molecule has 2 aliphatic heterocycles. The zero-order chi connectivity index (χ0) is 17.7. The molecule has 2 saturated heterocycles. The predicted octanol–water partition coefficient (Wildman–Crippen LogP) is 2.33. The number of halogens is 1. The number of nitrogens with one attached hydrogen (secondary N) is 2. The lowest BCUT2D eigenvalue weighted by molar-refractivity contribution is 0.0893. The molecule has 26 heavy (non-hydrogen) atoms. The van der Waals surface area contributed by atoms with Crippen molar-refractivity contribution in [3.8, 4) is 0 Å². The van der Waals surface area contributed by atoms with E-state index in [4.69, 9.17) is 9.47 Å². The first kappa shape index (κ1) is 23.9. The second-order valence-corrected chi connectivity index (χ2v) is 7.38. The molecule has 2 aliphatic rings. The topological polar surface area (TPSA) is 58.1 Å². The van der Waals surface area contributed by atoms with Crippen molar-refractivity contribution in [2.24, 2.45) is 16.8 Å². The quantitative estimate of drug-likeness (QED) is 0.217. The zero-order valence-corrected chi connectivity index (χ0v) is 19.0. The van der Waals surface area contributed by atoms with Crippen LogP contribution >= 0.6 is 24.0 Å². The second-order valence-electron chi connectivity index (χ2n) is 7.38. The number of guanidine groups is 1. The number of piperidine rings is 1. The third-order valence-electron chi connectivity index (χ3n) is 5.12. The average molecular weight is 482 g/mol. The van der Waals surface area contributed by atoms with E-state index in [0.29, 0.717) is 5.92 Å². The molecule has 0 saturated carbocycles. The lowest BCUT2D eigenvalue weighted by atomic mass is 9.94. The lowest BCUT2D eigenvalue weighted by Crippen LogP contribution is -2.39. The van der Waals surface area contributed by atoms with Crippen molar-refractivity contribution in [2.75, 3.05) is 66.2 Å². The van der Waals surface area contributed by atoms with E-state index in [1.807, 2.05) is 0 Å². The smallest absolute Gasteiger partial charge is 0.191 e. The molecule has 0 radical (unpaired) electrons. The molecule has 0 aliphatic carbocycles. The lowest BCUT2D eigenvalue weighted by Gasteiger charge is -2.29. The van der Waals surface area contributed by atoms with Crippen LogP contribution in [0.3, 0.4) is 0 Å². The van der Waals surface area contributed by atoms with Crippen molar-refractivity contribution in [2.45, 2.75) is 39.0 Å². The Morgan fingerprint density at radius 1 is 1.19 bits per heavy atom. The summed E-state index contributed by atoms with van der Waals surface area (Å²) in [6, 6.07) is 0. The molecule has 0 aromatic heterocycles. The van der Waals surface area contributed by atoms with E-state index in [0.717, 1.165) is 70.8 Å². The van der Waals surface area contributed by atoms with Crippen LogP contribution in [0, 0.1) is 11.8 Å². The molecule has 2 N–H and O–H groups in total. The minimum atomic E-state index is 0. The number of nitrogens with zero attached hydrogens (tertiary/aromatic N) is 2. The summed E-state index contributed by atoms with van der Waals surface area (Å²) in [6.45, 7) is 10.7. The number of ether oxygens (including phenoxy) is 2. The highest BCUT2D eigenvalue weighted by Gasteiger charge is 2.16. The van der Waals surface area contributed by atoms with Crippen molar-refractivity contribution < 1.29 is 9.47 Å². The fraction of sp³-hybridized carbons (Fsp3) is 0.947. The normalized spacial score (nSPS) is 22.2. The molecular weight excluding hydrogens is 443 g/mol. The Bertz CT molecular complexity index is 371. The van der Waals surface area contributed by atoms with Crippen LogP contribution in [0.25, 0.3) is 0 Å². The maximum atomic E-state index is 5.73. The number of hydrogen-bond acceptors (Lipinski definition) is 4. The van der Waals surface area contributed by atoms with E-state index in [1.165, 1.54) is 32.4 Å². The SMILES string of the molecule is CCNC(=NCCCOCC1CCOC1)NCCC1CCN(C)CC1.I. The van der Waals surface area contributed by atoms with Crippen LogP contribution < -0.4 is 10.6 Å². The van der Waals surface area contributed by atoms with E-state index < -0.39 is 0 Å². The van der Waals surface area contributed by atoms with Gasteiger partial charge in [-0.25, -0.2) is 0 Å². The summed E-state index contributed by atoms with van der Waals surface area (Å²) in [5, 5.41) is 6.82. The van der Waals surface area contributed by atoms with Crippen LogP contribution in [0.1, 0.15) is 39.0 Å². The Kier molecular flexibility index (Phi) is 13.7. The molecular formula is C19H39IN4O2. The van der Waals surface area contributed by atoms with E-state index in [-0.39, 0.29) is 24.0 Å². The van der Waals surface area contributed by atoms with Crippen LogP contribution in [-0.2, 0) is 9.47 Å². The van der Waals surface area contributed by atoms with E-state index in [2.05, 4.69) is 34.5 Å². The van der Waals surface area contributed by atoms with Gasteiger partial charge in [-0.3, -0.25) is 4.99 Å². The maximum absolute atomic E-state index is 5.73. The molecule has 0 aromatic rings. The van der Waals surface area contributed by atoms with Gasteiger partial charge in [0.15, 0.2) is 5.96 Å². The van der Waals surface area contributed by atoms with Gasteiger partial charge in [0, 0.05) is 38.8 Å². The summed E-state index contributed by atoms with van der Waals surface area (Å²) in [5.41, 5.74) is 0. The van der Waals surface area contributed by atoms with E-state index in [9.17, 15) is 0 Å². The molecule has 0 bridgehead atoms. The summed E-state index contributed by atoms with van der Waals surface area (Å²) < 4.78 is 11.1. The van der Waals surface area contributed by atoms with Crippen LogP contribution in [0.15, 0.2) is 4.99 Å². The number of aliphatic imine (C=N–C) groups is 1. The highest BCUT2D eigenvalue weighted by Crippen LogP contribution is 2.18. The summed E-state index contributed by atoms with van der Waals surface area (Å²) >= 11 is 0. The predicted molar refractivity (Wildman–Crippen MR) is 119 cm³/mol. The summed E-state index contributed by atoms with van der Waals surface area (Å²) in [5.74, 6) is 2.40. The first-order valence-corrected chi connectivity index (χ1v) is 10.1. The standard InChI is InChI=1S/C19H38N4O2.HI/c1-3-20-19(22-10-5-17-6-11-23(2)12-7-17)21-9-4-13-24-15-18-8-14-25-16-18;/h17-18H,3-16H2,1-2H3,(H2,20,21,22);1H. The molecule has 1 unspecified atom stereocenters. The molecule has 6 nitrogen and oxygen atoms in total. The Balaban J connectivity index is 0.00000338. The summed E-state index contributed by atoms with van der Waals surface area (Å²) in [4.78, 5) is 7.09. The Labute approximate surface area is 176 Å². The minimum Gasteiger partial charge on any atom is -0.381 e. The summed E-state index contributed by atoms with van der Waals surface area (Å²) in [6.07, 6.45) is 6.01. The van der Waals surface area contributed by atoms with Gasteiger partial charge in [-0.15, -0.1) is 24.0 Å². The van der Waals surface area contributed by atoms with Crippen molar-refractivity contribution in [1.29, 1.82) is 0 Å². The highest BCUT2D eigenvalue weighted by molar-refractivity contribution is 14.0. The molecule has 0 amide bonds. The molecule has 1 atom stereocenters. The highest BCUT2D eigenvalue weighted by atomic mass is 127. The van der Waals surface area contributed by atoms with Gasteiger partial charge in [-0.2, -0.15) is 0 Å². The largest absolute Gasteiger partial charge is 0.381 e. The van der Waals surface area contributed by atoms with Gasteiger partial charge in [0.2, 0.25) is 0 Å². The van der Waals surface area contributed by atoms with E-state index in [1.54, 1.807) is 0 Å². The Morgan fingerprint density at radius 3 is 2.69 bits per heavy atom.